The molecule has 0 aliphatic heterocycles. The highest BCUT2D eigenvalue weighted by Crippen LogP contribution is 2.19. The smallest absolute Gasteiger partial charge is 0.201 e. The summed E-state index contributed by atoms with van der Waals surface area (Å²) in [5, 5.41) is 0. The first kappa shape index (κ1) is 13.8. The lowest BCUT2D eigenvalue weighted by atomic mass is 10.2. The van der Waals surface area contributed by atoms with Crippen molar-refractivity contribution in [2.24, 2.45) is 0 Å². The van der Waals surface area contributed by atoms with Crippen molar-refractivity contribution in [3.8, 4) is 0 Å². The summed E-state index contributed by atoms with van der Waals surface area (Å²) in [4.78, 5) is 4.38. The average Bonchev–Trinajstić information content (AvgIpc) is 2.69. The Labute approximate surface area is 113 Å². The van der Waals surface area contributed by atoms with Crippen LogP contribution in [0.4, 0.5) is 5.95 Å². The fourth-order valence-electron chi connectivity index (χ4n) is 2.06. The van der Waals surface area contributed by atoms with Gasteiger partial charge in [0, 0.05) is 20.3 Å². The van der Waals surface area contributed by atoms with Gasteiger partial charge >= 0.3 is 0 Å². The highest BCUT2D eigenvalue weighted by molar-refractivity contribution is 5.79. The average molecular weight is 263 g/mol. The predicted octanol–water partition coefficient (Wildman–Crippen LogP) is 1.98. The minimum Gasteiger partial charge on any atom is -0.382 e. The Morgan fingerprint density at radius 1 is 1.26 bits per heavy atom. The summed E-state index contributed by atoms with van der Waals surface area (Å²) >= 11 is 0. The third-order valence-corrected chi connectivity index (χ3v) is 3.04. The maximum Gasteiger partial charge on any atom is 0.201 e. The van der Waals surface area contributed by atoms with Crippen molar-refractivity contribution < 1.29 is 9.47 Å². The van der Waals surface area contributed by atoms with E-state index in [-0.39, 0.29) is 0 Å². The number of aryl methyl sites for hydroxylation is 2. The molecule has 0 radical (unpaired) electrons. The van der Waals surface area contributed by atoms with Crippen molar-refractivity contribution in [2.45, 2.75) is 19.9 Å². The van der Waals surface area contributed by atoms with Crippen molar-refractivity contribution in [3.05, 3.63) is 23.8 Å². The molecule has 0 amide bonds. The lowest BCUT2D eigenvalue weighted by Gasteiger charge is -2.07. The second-order valence-electron chi connectivity index (χ2n) is 4.57. The first-order valence-corrected chi connectivity index (χ1v) is 6.51. The number of rotatable bonds is 7. The molecule has 5 nitrogen and oxygen atoms in total. The molecular weight excluding hydrogens is 242 g/mol. The first-order valence-electron chi connectivity index (χ1n) is 6.51. The van der Waals surface area contributed by atoms with Crippen LogP contribution in [-0.2, 0) is 16.0 Å². The number of nitrogens with zero attached hydrogens (tertiary/aromatic N) is 2. The molecule has 19 heavy (non-hydrogen) atoms. The van der Waals surface area contributed by atoms with Crippen molar-refractivity contribution >= 4 is 17.0 Å². The molecular formula is C14H21N3O2. The number of hydrogen-bond donors (Lipinski definition) is 1. The van der Waals surface area contributed by atoms with Crippen LogP contribution in [0.15, 0.2) is 18.2 Å². The molecule has 2 N–H and O–H groups in total. The Hall–Kier alpha value is -1.59. The number of nitrogen functional groups attached to an aromatic ring is 1. The molecule has 0 aliphatic carbocycles. The fourth-order valence-corrected chi connectivity index (χ4v) is 2.06. The highest BCUT2D eigenvalue weighted by atomic mass is 16.5. The highest BCUT2D eigenvalue weighted by Gasteiger charge is 2.07. The van der Waals surface area contributed by atoms with E-state index in [0.717, 1.165) is 24.0 Å². The third kappa shape index (κ3) is 3.45. The molecule has 0 saturated heterocycles. The van der Waals surface area contributed by atoms with Crippen LogP contribution in [-0.4, -0.2) is 36.5 Å². The van der Waals surface area contributed by atoms with E-state index in [0.29, 0.717) is 25.8 Å². The van der Waals surface area contributed by atoms with E-state index in [1.165, 1.54) is 5.56 Å². The zero-order chi connectivity index (χ0) is 13.7. The molecule has 0 fully saturated rings. The van der Waals surface area contributed by atoms with E-state index in [9.17, 15) is 0 Å². The number of ether oxygens (including phenoxy) is 2. The van der Waals surface area contributed by atoms with Gasteiger partial charge in [0.05, 0.1) is 24.2 Å². The number of aromatic nitrogens is 2. The zero-order valence-corrected chi connectivity index (χ0v) is 11.6. The maximum atomic E-state index is 5.96. The van der Waals surface area contributed by atoms with Gasteiger partial charge in [-0.15, -0.1) is 0 Å². The Kier molecular flexibility index (Phi) is 4.76. The molecule has 1 heterocycles. The van der Waals surface area contributed by atoms with Gasteiger partial charge in [-0.05, 0) is 31.0 Å². The van der Waals surface area contributed by atoms with Crippen LogP contribution in [0.1, 0.15) is 12.0 Å². The number of nitrogens with two attached hydrogens (primary N) is 1. The molecule has 1 aromatic heterocycles. The Bertz CT molecular complexity index is 537. The molecule has 0 atom stereocenters. The fraction of sp³-hybridized carbons (Fsp3) is 0.500. The second kappa shape index (κ2) is 6.54. The van der Waals surface area contributed by atoms with Crippen molar-refractivity contribution in [1.82, 2.24) is 9.55 Å². The van der Waals surface area contributed by atoms with Crippen molar-refractivity contribution in [1.29, 1.82) is 0 Å². The van der Waals surface area contributed by atoms with Crippen molar-refractivity contribution in [2.75, 3.05) is 32.7 Å². The topological polar surface area (TPSA) is 62.3 Å². The van der Waals surface area contributed by atoms with Gasteiger partial charge in [0.25, 0.3) is 0 Å². The van der Waals surface area contributed by atoms with Gasteiger partial charge in [-0.2, -0.15) is 0 Å². The van der Waals surface area contributed by atoms with E-state index >= 15 is 0 Å². The van der Waals surface area contributed by atoms with Gasteiger partial charge in [-0.1, -0.05) is 6.07 Å². The van der Waals surface area contributed by atoms with E-state index in [1.54, 1.807) is 7.11 Å². The standard InChI is InChI=1S/C14H21N3O2/c1-11-4-5-13-12(10-11)16-14(15)17(13)6-3-7-19-9-8-18-2/h4-5,10H,3,6-9H2,1-2H3,(H2,15,16). The van der Waals surface area contributed by atoms with E-state index in [1.807, 2.05) is 4.57 Å². The summed E-state index contributed by atoms with van der Waals surface area (Å²) in [7, 11) is 1.67. The van der Waals surface area contributed by atoms with Gasteiger partial charge in [0.2, 0.25) is 5.95 Å². The van der Waals surface area contributed by atoms with Crippen LogP contribution in [0.25, 0.3) is 11.0 Å². The summed E-state index contributed by atoms with van der Waals surface area (Å²) in [6.45, 7) is 4.84. The van der Waals surface area contributed by atoms with Crippen molar-refractivity contribution in [3.63, 3.8) is 0 Å². The summed E-state index contributed by atoms with van der Waals surface area (Å²) < 4.78 is 12.4. The molecule has 0 aliphatic rings. The van der Waals surface area contributed by atoms with E-state index in [4.69, 9.17) is 15.2 Å². The molecule has 1 aromatic carbocycles. The number of benzene rings is 1. The van der Waals surface area contributed by atoms with Gasteiger partial charge < -0.3 is 19.8 Å². The van der Waals surface area contributed by atoms with E-state index < -0.39 is 0 Å². The molecule has 0 bridgehead atoms. The summed E-state index contributed by atoms with van der Waals surface area (Å²) in [6, 6.07) is 6.20. The number of fused-ring (bicyclic) bond motifs is 1. The molecule has 5 heteroatoms. The van der Waals surface area contributed by atoms with Gasteiger partial charge in [-0.25, -0.2) is 4.98 Å². The third-order valence-electron chi connectivity index (χ3n) is 3.04. The molecule has 0 unspecified atom stereocenters. The van der Waals surface area contributed by atoms with Crippen LogP contribution < -0.4 is 5.73 Å². The monoisotopic (exact) mass is 263 g/mol. The number of hydrogen-bond acceptors (Lipinski definition) is 4. The van der Waals surface area contributed by atoms with Crippen LogP contribution in [0, 0.1) is 6.92 Å². The summed E-state index contributed by atoms with van der Waals surface area (Å²) in [6.07, 6.45) is 0.910. The maximum absolute atomic E-state index is 5.96. The molecule has 0 spiro atoms. The van der Waals surface area contributed by atoms with Crippen LogP contribution in [0.3, 0.4) is 0 Å². The summed E-state index contributed by atoms with van der Waals surface area (Å²) in [5.74, 6) is 0.567. The molecule has 2 aromatic rings. The number of imidazole rings is 1. The molecule has 0 saturated carbocycles. The first-order chi connectivity index (χ1) is 9.22. The lowest BCUT2D eigenvalue weighted by Crippen LogP contribution is -2.08. The minimum absolute atomic E-state index is 0.567. The van der Waals surface area contributed by atoms with Crippen LogP contribution >= 0.6 is 0 Å². The van der Waals surface area contributed by atoms with Crippen LogP contribution in [0.2, 0.25) is 0 Å². The van der Waals surface area contributed by atoms with Gasteiger partial charge in [0.1, 0.15) is 0 Å². The Morgan fingerprint density at radius 3 is 2.89 bits per heavy atom. The quantitative estimate of drug-likeness (QED) is 0.776. The normalized spacial score (nSPS) is 11.3. The van der Waals surface area contributed by atoms with Gasteiger partial charge in [0.15, 0.2) is 0 Å². The van der Waals surface area contributed by atoms with E-state index in [2.05, 4.69) is 30.1 Å². The minimum atomic E-state index is 0.567. The molecule has 2 rings (SSSR count). The number of methoxy groups -OCH3 is 1. The largest absolute Gasteiger partial charge is 0.382 e. The summed E-state index contributed by atoms with van der Waals surface area (Å²) in [5.41, 5.74) is 9.19. The van der Waals surface area contributed by atoms with Gasteiger partial charge in [-0.3, -0.25) is 0 Å². The SMILES string of the molecule is COCCOCCCn1c(N)nc2cc(C)ccc21. The van der Waals surface area contributed by atoms with Crippen LogP contribution in [0.5, 0.6) is 0 Å². The Balaban J connectivity index is 1.95. The zero-order valence-electron chi connectivity index (χ0n) is 11.6. The molecule has 104 valence electrons. The number of anilines is 1. The Morgan fingerprint density at radius 2 is 2.11 bits per heavy atom. The lowest BCUT2D eigenvalue weighted by molar-refractivity contribution is 0.0682. The second-order valence-corrected chi connectivity index (χ2v) is 4.57. The predicted molar refractivity (Wildman–Crippen MR) is 76.2 cm³/mol.